The maximum absolute atomic E-state index is 14.0. The van der Waals surface area contributed by atoms with Crippen LogP contribution in [-0.4, -0.2) is 59.6 Å². The van der Waals surface area contributed by atoms with Crippen molar-refractivity contribution in [2.45, 2.75) is 49.5 Å². The summed E-state index contributed by atoms with van der Waals surface area (Å²) in [6.07, 6.45) is 5.62. The van der Waals surface area contributed by atoms with Crippen molar-refractivity contribution >= 4 is 15.9 Å². The number of likely N-dealkylation sites (tertiary alicyclic amines) is 1. The zero-order valence-electron chi connectivity index (χ0n) is 27.1. The summed E-state index contributed by atoms with van der Waals surface area (Å²) in [6, 6.07) is 19.0. The van der Waals surface area contributed by atoms with Crippen LogP contribution in [0.5, 0.6) is 11.5 Å². The second kappa shape index (κ2) is 15.8. The highest BCUT2D eigenvalue weighted by Crippen LogP contribution is 2.34. The van der Waals surface area contributed by atoms with Crippen molar-refractivity contribution in [2.24, 2.45) is 11.7 Å². The van der Waals surface area contributed by atoms with Crippen molar-refractivity contribution in [3.63, 3.8) is 0 Å². The number of sulfonamides is 1. The number of hydrogen-bond donors (Lipinski definition) is 4. The molecule has 0 saturated carbocycles. The number of piperidine rings is 1. The molecule has 0 unspecified atom stereocenters. The van der Waals surface area contributed by atoms with Gasteiger partial charge in [0, 0.05) is 48.7 Å². The predicted molar refractivity (Wildman–Crippen MR) is 186 cm³/mol. The van der Waals surface area contributed by atoms with Crippen LogP contribution in [0.4, 0.5) is 0 Å². The van der Waals surface area contributed by atoms with E-state index in [4.69, 9.17) is 20.6 Å². The highest BCUT2D eigenvalue weighted by molar-refractivity contribution is 7.89. The molecular formula is C36H47N5O4S. The molecule has 0 aromatic heterocycles. The quantitative estimate of drug-likeness (QED) is 0.117. The van der Waals surface area contributed by atoms with E-state index in [0.717, 1.165) is 67.7 Å². The molecule has 3 aromatic rings. The summed E-state index contributed by atoms with van der Waals surface area (Å²) in [7, 11) is 1.09. The van der Waals surface area contributed by atoms with E-state index in [-0.39, 0.29) is 10.7 Å². The number of nitrogens with two attached hydrogens (primary N) is 1. The number of nitrogens with one attached hydrogen (secondary N) is 3. The minimum atomic E-state index is -3.97. The van der Waals surface area contributed by atoms with Gasteiger partial charge in [0.15, 0.2) is 0 Å². The lowest BCUT2D eigenvalue weighted by Gasteiger charge is -2.38. The fraction of sp³-hybridized carbons (Fsp3) is 0.361. The zero-order valence-corrected chi connectivity index (χ0v) is 28.0. The molecule has 46 heavy (non-hydrogen) atoms. The minimum Gasteiger partial charge on any atom is -0.497 e. The van der Waals surface area contributed by atoms with E-state index in [0.29, 0.717) is 35.0 Å². The molecule has 5 N–H and O–H groups in total. The second-order valence-corrected chi connectivity index (χ2v) is 13.5. The van der Waals surface area contributed by atoms with Crippen LogP contribution in [0.1, 0.15) is 43.2 Å². The Morgan fingerprint density at radius 2 is 1.78 bits per heavy atom. The Bertz CT molecular complexity index is 1650. The van der Waals surface area contributed by atoms with Gasteiger partial charge >= 0.3 is 0 Å². The molecule has 3 aromatic carbocycles. The van der Waals surface area contributed by atoms with Gasteiger partial charge < -0.3 is 25.4 Å². The lowest BCUT2D eigenvalue weighted by Crippen LogP contribution is -2.45. The van der Waals surface area contributed by atoms with Crippen molar-refractivity contribution in [3.05, 3.63) is 102 Å². The summed E-state index contributed by atoms with van der Waals surface area (Å²) in [5, 5.41) is 11.0. The molecule has 1 heterocycles. The van der Waals surface area contributed by atoms with E-state index >= 15 is 0 Å². The van der Waals surface area contributed by atoms with E-state index in [1.165, 1.54) is 0 Å². The summed E-state index contributed by atoms with van der Waals surface area (Å²) in [5.74, 6) is 1.80. The number of hydrogen-bond acceptors (Lipinski definition) is 7. The number of rotatable bonds is 16. The SMILES string of the molecule is C=C(CCCC1CCN(C(=C)[C@H](Cc2cccc(C(=N)N)c2)NS(=O)(=O)c2cccc(-c3ccc(OC)cc3OC)c2)CC1)NC. The number of amidine groups is 1. The number of allylic oxidation sites excluding steroid dienone is 1. The summed E-state index contributed by atoms with van der Waals surface area (Å²) in [5.41, 5.74) is 10.4. The van der Waals surface area contributed by atoms with Crippen LogP contribution >= 0.6 is 0 Å². The highest BCUT2D eigenvalue weighted by Gasteiger charge is 2.28. The van der Waals surface area contributed by atoms with Crippen LogP contribution in [-0.2, 0) is 16.4 Å². The summed E-state index contributed by atoms with van der Waals surface area (Å²) in [4.78, 5) is 2.35. The van der Waals surface area contributed by atoms with Gasteiger partial charge in [-0.15, -0.1) is 0 Å². The van der Waals surface area contributed by atoms with Crippen molar-refractivity contribution < 1.29 is 17.9 Å². The fourth-order valence-corrected chi connectivity index (χ4v) is 7.18. The predicted octanol–water partition coefficient (Wildman–Crippen LogP) is 5.67. The smallest absolute Gasteiger partial charge is 0.241 e. The van der Waals surface area contributed by atoms with Gasteiger partial charge in [0.2, 0.25) is 10.0 Å². The zero-order chi connectivity index (χ0) is 33.3. The molecular weight excluding hydrogens is 598 g/mol. The van der Waals surface area contributed by atoms with Crippen LogP contribution in [0.15, 0.2) is 96.2 Å². The molecule has 0 bridgehead atoms. The molecule has 1 atom stereocenters. The van der Waals surface area contributed by atoms with Gasteiger partial charge in [0.05, 0.1) is 25.2 Å². The minimum absolute atomic E-state index is 0.0380. The van der Waals surface area contributed by atoms with E-state index in [1.54, 1.807) is 44.6 Å². The standard InChI is InChI=1S/C36H47N5O4S/c1-25(39-3)9-6-10-27-17-19-41(20-18-27)26(2)34(22-28-11-7-13-30(21-28)36(37)38)40-46(42,43)32-14-8-12-29(23-32)33-16-15-31(44-4)24-35(33)45-5/h7-8,11-16,21,23-24,27,34,39-40H,1-2,6,9-10,17-20,22H2,3-5H3,(H3,37,38)/t34-/m0/s1. The van der Waals surface area contributed by atoms with E-state index in [2.05, 4.69) is 28.1 Å². The molecule has 10 heteroatoms. The summed E-state index contributed by atoms with van der Waals surface area (Å²) < 4.78 is 41.9. The molecule has 0 spiro atoms. The highest BCUT2D eigenvalue weighted by atomic mass is 32.2. The number of nitrogen functional groups attached to an aromatic ring is 1. The van der Waals surface area contributed by atoms with Gasteiger partial charge in [-0.2, -0.15) is 0 Å². The van der Waals surface area contributed by atoms with Crippen molar-refractivity contribution in [2.75, 3.05) is 34.4 Å². The van der Waals surface area contributed by atoms with Crippen LogP contribution in [0.25, 0.3) is 11.1 Å². The Morgan fingerprint density at radius 1 is 1.04 bits per heavy atom. The van der Waals surface area contributed by atoms with Crippen LogP contribution in [0, 0.1) is 11.3 Å². The first kappa shape index (κ1) is 34.6. The third kappa shape index (κ3) is 8.92. The maximum atomic E-state index is 14.0. The number of benzene rings is 3. The molecule has 0 amide bonds. The Morgan fingerprint density at radius 3 is 2.46 bits per heavy atom. The largest absolute Gasteiger partial charge is 0.497 e. The van der Waals surface area contributed by atoms with Gasteiger partial charge in [-0.3, -0.25) is 5.41 Å². The molecule has 4 rings (SSSR count). The lowest BCUT2D eigenvalue weighted by atomic mass is 9.90. The van der Waals surface area contributed by atoms with E-state index in [1.807, 2.05) is 43.4 Å². The third-order valence-corrected chi connectivity index (χ3v) is 10.2. The van der Waals surface area contributed by atoms with Gasteiger partial charge in [-0.05, 0) is 85.9 Å². The molecule has 0 radical (unpaired) electrons. The lowest BCUT2D eigenvalue weighted by molar-refractivity contribution is 0.206. The molecule has 9 nitrogen and oxygen atoms in total. The number of nitrogens with zero attached hydrogens (tertiary/aromatic N) is 1. The molecule has 246 valence electrons. The summed E-state index contributed by atoms with van der Waals surface area (Å²) >= 11 is 0. The second-order valence-electron chi connectivity index (χ2n) is 11.8. The third-order valence-electron chi connectivity index (χ3n) is 8.71. The van der Waals surface area contributed by atoms with E-state index < -0.39 is 16.1 Å². The van der Waals surface area contributed by atoms with Crippen molar-refractivity contribution in [3.8, 4) is 22.6 Å². The van der Waals surface area contributed by atoms with Crippen LogP contribution in [0.2, 0.25) is 0 Å². The number of methoxy groups -OCH3 is 2. The Kier molecular flexibility index (Phi) is 11.9. The first-order valence-electron chi connectivity index (χ1n) is 15.6. The molecule has 0 aliphatic carbocycles. The van der Waals surface area contributed by atoms with Gasteiger partial charge in [-0.1, -0.05) is 43.5 Å². The average molecular weight is 646 g/mol. The first-order chi connectivity index (χ1) is 22.0. The maximum Gasteiger partial charge on any atom is 0.241 e. The Balaban J connectivity index is 1.56. The molecule has 1 aliphatic heterocycles. The Labute approximate surface area is 274 Å². The van der Waals surface area contributed by atoms with Gasteiger partial charge in [-0.25, -0.2) is 13.1 Å². The molecule has 1 fully saturated rings. The van der Waals surface area contributed by atoms with Crippen molar-refractivity contribution in [1.82, 2.24) is 14.9 Å². The van der Waals surface area contributed by atoms with Crippen molar-refractivity contribution in [1.29, 1.82) is 5.41 Å². The molecule has 1 aliphatic rings. The van der Waals surface area contributed by atoms with E-state index in [9.17, 15) is 8.42 Å². The topological polar surface area (TPSA) is 130 Å². The fourth-order valence-electron chi connectivity index (χ4n) is 5.91. The monoisotopic (exact) mass is 645 g/mol. The normalized spacial score (nSPS) is 14.4. The van der Waals surface area contributed by atoms with Gasteiger partial charge in [0.1, 0.15) is 17.3 Å². The number of ether oxygens (including phenoxy) is 2. The Hall–Kier alpha value is -4.28. The van der Waals surface area contributed by atoms with Crippen LogP contribution in [0.3, 0.4) is 0 Å². The van der Waals surface area contributed by atoms with Crippen LogP contribution < -0.4 is 25.2 Å². The average Bonchev–Trinajstić information content (AvgIpc) is 3.07. The van der Waals surface area contributed by atoms with Gasteiger partial charge in [0.25, 0.3) is 0 Å². The molecule has 1 saturated heterocycles. The summed E-state index contributed by atoms with van der Waals surface area (Å²) in [6.45, 7) is 10.1. The first-order valence-corrected chi connectivity index (χ1v) is 17.1.